The Hall–Kier alpha value is -1.99. The number of hydrogen-bond donors (Lipinski definition) is 1. The number of halogens is 1. The van der Waals surface area contributed by atoms with Crippen molar-refractivity contribution >= 4 is 29.2 Å². The molecular formula is C21H32ClN5O2. The number of piperazine rings is 1. The number of anilines is 1. The van der Waals surface area contributed by atoms with Gasteiger partial charge < -0.3 is 24.8 Å². The highest BCUT2D eigenvalue weighted by molar-refractivity contribution is 6.30. The fraction of sp³-hybridized carbons (Fsp3) is 0.619. The molecule has 0 bridgehead atoms. The SMILES string of the molecule is CN(C)C(=O)CN=C(NCC1CCCCO1)N1CCN(c2cccc(Cl)c2)CC1. The van der Waals surface area contributed by atoms with Crippen molar-refractivity contribution in [3.05, 3.63) is 29.3 Å². The first kappa shape index (κ1) is 21.7. The van der Waals surface area contributed by atoms with Crippen LogP contribution in [-0.2, 0) is 9.53 Å². The molecule has 7 nitrogen and oxygen atoms in total. The molecule has 1 unspecified atom stereocenters. The smallest absolute Gasteiger partial charge is 0.243 e. The van der Waals surface area contributed by atoms with E-state index in [1.807, 2.05) is 18.2 Å². The first-order valence-corrected chi connectivity index (χ1v) is 10.8. The molecule has 1 aromatic carbocycles. The van der Waals surface area contributed by atoms with Crippen LogP contribution in [0.5, 0.6) is 0 Å². The topological polar surface area (TPSA) is 60.4 Å². The predicted octanol–water partition coefficient (Wildman–Crippen LogP) is 2.06. The largest absolute Gasteiger partial charge is 0.376 e. The third-order valence-electron chi connectivity index (χ3n) is 5.38. The molecule has 1 aromatic rings. The number of amides is 1. The normalized spacial score (nSPS) is 20.5. The summed E-state index contributed by atoms with van der Waals surface area (Å²) in [6.07, 6.45) is 3.63. The number of carbonyl (C=O) groups excluding carboxylic acids is 1. The van der Waals surface area contributed by atoms with Crippen LogP contribution in [0.15, 0.2) is 29.3 Å². The molecule has 1 atom stereocenters. The molecule has 2 saturated heterocycles. The Morgan fingerprint density at radius 1 is 1.28 bits per heavy atom. The lowest BCUT2D eigenvalue weighted by atomic mass is 10.1. The predicted molar refractivity (Wildman–Crippen MR) is 118 cm³/mol. The lowest BCUT2D eigenvalue weighted by Crippen LogP contribution is -2.54. The van der Waals surface area contributed by atoms with Crippen molar-refractivity contribution in [1.29, 1.82) is 0 Å². The van der Waals surface area contributed by atoms with Gasteiger partial charge >= 0.3 is 0 Å². The van der Waals surface area contributed by atoms with Crippen LogP contribution in [0, 0.1) is 0 Å². The van der Waals surface area contributed by atoms with Crippen molar-refractivity contribution < 1.29 is 9.53 Å². The number of hydrogen-bond acceptors (Lipinski definition) is 4. The molecule has 2 aliphatic rings. The first-order chi connectivity index (χ1) is 14.0. The van der Waals surface area contributed by atoms with E-state index in [1.165, 1.54) is 6.42 Å². The van der Waals surface area contributed by atoms with Gasteiger partial charge in [-0.1, -0.05) is 17.7 Å². The summed E-state index contributed by atoms with van der Waals surface area (Å²) in [7, 11) is 3.51. The highest BCUT2D eigenvalue weighted by atomic mass is 35.5. The van der Waals surface area contributed by atoms with E-state index in [1.54, 1.807) is 19.0 Å². The van der Waals surface area contributed by atoms with Crippen LogP contribution < -0.4 is 10.2 Å². The summed E-state index contributed by atoms with van der Waals surface area (Å²) >= 11 is 6.14. The lowest BCUT2D eigenvalue weighted by molar-refractivity contribution is -0.127. The maximum Gasteiger partial charge on any atom is 0.243 e. The summed E-state index contributed by atoms with van der Waals surface area (Å²) in [6, 6.07) is 7.96. The average molecular weight is 422 g/mol. The van der Waals surface area contributed by atoms with Gasteiger partial charge in [-0.2, -0.15) is 0 Å². The average Bonchev–Trinajstić information content (AvgIpc) is 2.74. The van der Waals surface area contributed by atoms with Crippen molar-refractivity contribution in [2.75, 3.05) is 64.9 Å². The van der Waals surface area contributed by atoms with Gasteiger partial charge in [0.2, 0.25) is 5.91 Å². The zero-order valence-corrected chi connectivity index (χ0v) is 18.2. The Morgan fingerprint density at radius 2 is 2.07 bits per heavy atom. The Kier molecular flexibility index (Phi) is 8.00. The summed E-state index contributed by atoms with van der Waals surface area (Å²) in [5.74, 6) is 0.788. The van der Waals surface area contributed by atoms with Crippen LogP contribution in [0.3, 0.4) is 0 Å². The Labute approximate surface area is 178 Å². The molecule has 2 fully saturated rings. The molecule has 0 radical (unpaired) electrons. The number of guanidine groups is 1. The number of ether oxygens (including phenoxy) is 1. The maximum atomic E-state index is 12.0. The Morgan fingerprint density at radius 3 is 2.72 bits per heavy atom. The van der Waals surface area contributed by atoms with Gasteiger partial charge in [-0.15, -0.1) is 0 Å². The van der Waals surface area contributed by atoms with E-state index in [4.69, 9.17) is 16.3 Å². The summed E-state index contributed by atoms with van der Waals surface area (Å²) in [6.45, 7) is 5.13. The second-order valence-corrected chi connectivity index (χ2v) is 8.19. The van der Waals surface area contributed by atoms with Crippen LogP contribution in [0.1, 0.15) is 19.3 Å². The molecule has 1 amide bonds. The molecule has 29 heavy (non-hydrogen) atoms. The molecule has 3 rings (SSSR count). The maximum absolute atomic E-state index is 12.0. The van der Waals surface area contributed by atoms with Gasteiger partial charge in [-0.25, -0.2) is 4.99 Å². The van der Waals surface area contributed by atoms with Crippen LogP contribution in [0.4, 0.5) is 5.69 Å². The first-order valence-electron chi connectivity index (χ1n) is 10.4. The van der Waals surface area contributed by atoms with Gasteiger partial charge in [0.05, 0.1) is 6.10 Å². The van der Waals surface area contributed by atoms with Crippen molar-refractivity contribution in [3.8, 4) is 0 Å². The van der Waals surface area contributed by atoms with Gasteiger partial charge in [-0.3, -0.25) is 4.79 Å². The van der Waals surface area contributed by atoms with Gasteiger partial charge in [0.1, 0.15) is 6.54 Å². The van der Waals surface area contributed by atoms with Crippen molar-refractivity contribution in [1.82, 2.24) is 15.1 Å². The number of nitrogens with zero attached hydrogens (tertiary/aromatic N) is 4. The van der Waals surface area contributed by atoms with Gasteiger partial charge in [0.15, 0.2) is 5.96 Å². The van der Waals surface area contributed by atoms with Gasteiger partial charge in [-0.05, 0) is 37.5 Å². The van der Waals surface area contributed by atoms with E-state index < -0.39 is 0 Å². The van der Waals surface area contributed by atoms with E-state index in [0.717, 1.165) is 68.8 Å². The summed E-state index contributed by atoms with van der Waals surface area (Å²) in [5, 5.41) is 4.21. The van der Waals surface area contributed by atoms with Crippen LogP contribution in [0.2, 0.25) is 5.02 Å². The number of rotatable bonds is 5. The van der Waals surface area contributed by atoms with E-state index in [9.17, 15) is 4.79 Å². The summed E-state index contributed by atoms with van der Waals surface area (Å²) in [4.78, 5) is 22.8. The Balaban J connectivity index is 1.60. The van der Waals surface area contributed by atoms with Gasteiger partial charge in [0, 0.05) is 64.1 Å². The summed E-state index contributed by atoms with van der Waals surface area (Å²) < 4.78 is 5.83. The molecule has 1 N–H and O–H groups in total. The zero-order chi connectivity index (χ0) is 20.6. The van der Waals surface area contributed by atoms with E-state index in [-0.39, 0.29) is 18.6 Å². The van der Waals surface area contributed by atoms with E-state index in [0.29, 0.717) is 0 Å². The van der Waals surface area contributed by atoms with Gasteiger partial charge in [0.25, 0.3) is 0 Å². The second kappa shape index (κ2) is 10.7. The third kappa shape index (κ3) is 6.51. The molecule has 0 saturated carbocycles. The Bertz CT molecular complexity index is 698. The number of nitrogens with one attached hydrogen (secondary N) is 1. The monoisotopic (exact) mass is 421 g/mol. The van der Waals surface area contributed by atoms with Crippen LogP contribution >= 0.6 is 11.6 Å². The minimum Gasteiger partial charge on any atom is -0.376 e. The van der Waals surface area contributed by atoms with E-state index >= 15 is 0 Å². The molecule has 2 aliphatic heterocycles. The minimum atomic E-state index is -0.00391. The highest BCUT2D eigenvalue weighted by Gasteiger charge is 2.22. The van der Waals surface area contributed by atoms with Crippen LogP contribution in [0.25, 0.3) is 0 Å². The van der Waals surface area contributed by atoms with Crippen molar-refractivity contribution in [2.24, 2.45) is 4.99 Å². The molecule has 160 valence electrons. The standard InChI is InChI=1S/C21H32ClN5O2/c1-25(2)20(28)16-24-21(23-15-19-8-3-4-13-29-19)27-11-9-26(10-12-27)18-7-5-6-17(22)14-18/h5-7,14,19H,3-4,8-13,15-16H2,1-2H3,(H,23,24). The molecular weight excluding hydrogens is 390 g/mol. The fourth-order valence-electron chi connectivity index (χ4n) is 3.57. The summed E-state index contributed by atoms with van der Waals surface area (Å²) in [5.41, 5.74) is 1.14. The van der Waals surface area contributed by atoms with Crippen molar-refractivity contribution in [2.45, 2.75) is 25.4 Å². The minimum absolute atomic E-state index is 0.00391. The number of likely N-dealkylation sites (N-methyl/N-ethyl adjacent to an activating group) is 1. The fourth-order valence-corrected chi connectivity index (χ4v) is 3.76. The molecule has 0 aliphatic carbocycles. The molecule has 0 spiro atoms. The molecule has 8 heteroatoms. The zero-order valence-electron chi connectivity index (χ0n) is 17.4. The number of benzene rings is 1. The second-order valence-electron chi connectivity index (χ2n) is 7.75. The lowest BCUT2D eigenvalue weighted by Gasteiger charge is -2.38. The van der Waals surface area contributed by atoms with Crippen LogP contribution in [-0.4, -0.2) is 87.7 Å². The van der Waals surface area contributed by atoms with E-state index in [2.05, 4.69) is 26.2 Å². The molecule has 2 heterocycles. The third-order valence-corrected chi connectivity index (χ3v) is 5.61. The number of aliphatic imine (C=N–C) groups is 1. The number of carbonyl (C=O) groups is 1. The quantitative estimate of drug-likeness (QED) is 0.582. The highest BCUT2D eigenvalue weighted by Crippen LogP contribution is 2.21. The molecule has 0 aromatic heterocycles. The van der Waals surface area contributed by atoms with Crippen molar-refractivity contribution in [3.63, 3.8) is 0 Å².